The van der Waals surface area contributed by atoms with E-state index in [0.717, 1.165) is 38.5 Å². The number of unbranched alkanes of at least 4 members (excludes halogenated alkanes) is 24. The molecule has 366 valence electrons. The molecular formula is C47H86N4O11S. The summed E-state index contributed by atoms with van der Waals surface area (Å²) in [5.41, 5.74) is 6.05. The predicted octanol–water partition coefficient (Wildman–Crippen LogP) is 8.13. The summed E-state index contributed by atoms with van der Waals surface area (Å²) in [7, 11) is 0. The quantitative estimate of drug-likeness (QED) is 0.0250. The Morgan fingerprint density at radius 1 is 0.540 bits per heavy atom. The fourth-order valence-corrected chi connectivity index (χ4v) is 7.87. The van der Waals surface area contributed by atoms with Crippen LogP contribution < -0.4 is 21.7 Å². The molecule has 16 heteroatoms. The van der Waals surface area contributed by atoms with Crippen molar-refractivity contribution < 1.29 is 53.2 Å². The van der Waals surface area contributed by atoms with Gasteiger partial charge in [0.25, 0.3) is 0 Å². The molecule has 0 unspecified atom stereocenters. The maximum absolute atomic E-state index is 12.8. The zero-order chi connectivity index (χ0) is 46.8. The third-order valence-corrected chi connectivity index (χ3v) is 12.0. The standard InChI is InChI=1S/C47H86N4O11S/c1-3-5-7-9-11-13-15-17-19-21-23-25-27-29-44(56)61-35-38(62-45(57)30-28-26-24-22-20-18-16-14-12-10-8-6-4-2)36-63-37-39(48)46(58)50-33-41(52)49-34-42(53)51-40(47(59)60)31-32-43(54)55/h38-40H,3-37,48H2,1-2H3,(H,49,52)(H,50,58)(H,51,53)(H,54,55)(H,59,60)/t38-,39+,40-/m1/s1. The van der Waals surface area contributed by atoms with Crippen LogP contribution in [0.4, 0.5) is 0 Å². The molecule has 0 aromatic rings. The van der Waals surface area contributed by atoms with E-state index in [9.17, 15) is 38.7 Å². The first-order valence-electron chi connectivity index (χ1n) is 24.4. The lowest BCUT2D eigenvalue weighted by Gasteiger charge is -2.19. The number of nitrogens with two attached hydrogens (primary N) is 1. The number of hydrogen-bond acceptors (Lipinski definition) is 11. The van der Waals surface area contributed by atoms with Gasteiger partial charge in [-0.25, -0.2) is 4.79 Å². The molecule has 0 aliphatic rings. The van der Waals surface area contributed by atoms with Crippen molar-refractivity contribution in [2.24, 2.45) is 5.73 Å². The number of carbonyl (C=O) groups is 7. The van der Waals surface area contributed by atoms with Gasteiger partial charge in [-0.2, -0.15) is 11.8 Å². The zero-order valence-electron chi connectivity index (χ0n) is 39.0. The summed E-state index contributed by atoms with van der Waals surface area (Å²) >= 11 is 1.25. The van der Waals surface area contributed by atoms with Gasteiger partial charge in [-0.1, -0.05) is 168 Å². The van der Waals surface area contributed by atoms with E-state index in [-0.39, 0.29) is 42.9 Å². The smallest absolute Gasteiger partial charge is 0.326 e. The van der Waals surface area contributed by atoms with Crippen LogP contribution in [0.5, 0.6) is 0 Å². The summed E-state index contributed by atoms with van der Waals surface area (Å²) in [5.74, 6) is -5.20. The average Bonchev–Trinajstić information content (AvgIpc) is 3.25. The van der Waals surface area contributed by atoms with Crippen molar-refractivity contribution in [3.05, 3.63) is 0 Å². The highest BCUT2D eigenvalue weighted by molar-refractivity contribution is 7.99. The summed E-state index contributed by atoms with van der Waals surface area (Å²) in [5, 5.41) is 24.7. The molecule has 3 amide bonds. The van der Waals surface area contributed by atoms with E-state index in [0.29, 0.717) is 12.8 Å². The Morgan fingerprint density at radius 3 is 1.41 bits per heavy atom. The molecule has 3 atom stereocenters. The van der Waals surface area contributed by atoms with Crippen LogP contribution >= 0.6 is 11.8 Å². The lowest BCUT2D eigenvalue weighted by atomic mass is 10.0. The summed E-state index contributed by atoms with van der Waals surface area (Å²) < 4.78 is 11.3. The van der Waals surface area contributed by atoms with Crippen molar-refractivity contribution in [1.82, 2.24) is 16.0 Å². The molecule has 0 aliphatic heterocycles. The van der Waals surface area contributed by atoms with Crippen molar-refractivity contribution >= 4 is 53.4 Å². The fraction of sp³-hybridized carbons (Fsp3) is 0.851. The van der Waals surface area contributed by atoms with Gasteiger partial charge in [0.15, 0.2) is 0 Å². The minimum absolute atomic E-state index is 0.101. The van der Waals surface area contributed by atoms with Crippen LogP contribution in [0.15, 0.2) is 0 Å². The lowest BCUT2D eigenvalue weighted by molar-refractivity contribution is -0.157. The second-order valence-corrected chi connectivity index (χ2v) is 17.9. The number of amides is 3. The molecule has 0 rings (SSSR count). The third-order valence-electron chi connectivity index (χ3n) is 10.8. The van der Waals surface area contributed by atoms with Gasteiger partial charge in [-0.15, -0.1) is 0 Å². The van der Waals surface area contributed by atoms with Crippen molar-refractivity contribution in [3.8, 4) is 0 Å². The Balaban J connectivity index is 4.69. The largest absolute Gasteiger partial charge is 0.481 e. The molecule has 0 saturated heterocycles. The first kappa shape index (κ1) is 59.6. The molecule has 0 aliphatic carbocycles. The molecule has 0 spiro atoms. The Morgan fingerprint density at radius 2 is 0.968 bits per heavy atom. The highest BCUT2D eigenvalue weighted by Gasteiger charge is 2.22. The number of rotatable bonds is 45. The van der Waals surface area contributed by atoms with Gasteiger partial charge in [0.05, 0.1) is 19.1 Å². The first-order chi connectivity index (χ1) is 30.4. The molecule has 0 bridgehead atoms. The van der Waals surface area contributed by atoms with Crippen LogP contribution in [0.1, 0.15) is 206 Å². The van der Waals surface area contributed by atoms with Crippen molar-refractivity contribution in [2.45, 2.75) is 225 Å². The molecule has 0 aromatic heterocycles. The molecule has 0 aromatic carbocycles. The number of nitrogens with one attached hydrogen (secondary N) is 3. The Bertz CT molecular complexity index is 1240. The number of carboxylic acid groups (broad SMARTS) is 2. The summed E-state index contributed by atoms with van der Waals surface area (Å²) in [4.78, 5) is 84.3. The highest BCUT2D eigenvalue weighted by atomic mass is 32.2. The molecule has 0 radical (unpaired) electrons. The third kappa shape index (κ3) is 39.9. The van der Waals surface area contributed by atoms with Crippen molar-refractivity contribution in [1.29, 1.82) is 0 Å². The second kappa shape index (κ2) is 42.5. The van der Waals surface area contributed by atoms with E-state index >= 15 is 0 Å². The van der Waals surface area contributed by atoms with Crippen LogP contribution in [0.25, 0.3) is 0 Å². The Kier molecular flexibility index (Phi) is 40.2. The molecule has 63 heavy (non-hydrogen) atoms. The van der Waals surface area contributed by atoms with Gasteiger partial charge >= 0.3 is 23.9 Å². The summed E-state index contributed by atoms with van der Waals surface area (Å²) in [6.07, 6.45) is 30.3. The van der Waals surface area contributed by atoms with E-state index in [4.69, 9.17) is 20.3 Å². The minimum atomic E-state index is -1.44. The lowest BCUT2D eigenvalue weighted by Crippen LogP contribution is -2.49. The van der Waals surface area contributed by atoms with Gasteiger partial charge in [-0.05, 0) is 19.3 Å². The van der Waals surface area contributed by atoms with Crippen LogP contribution in [0.3, 0.4) is 0 Å². The average molecular weight is 915 g/mol. The van der Waals surface area contributed by atoms with Gasteiger partial charge in [-0.3, -0.25) is 28.8 Å². The highest BCUT2D eigenvalue weighted by Crippen LogP contribution is 2.16. The van der Waals surface area contributed by atoms with E-state index in [2.05, 4.69) is 29.8 Å². The Labute approximate surface area is 383 Å². The van der Waals surface area contributed by atoms with Crippen LogP contribution in [-0.2, 0) is 43.0 Å². The number of thioether (sulfide) groups is 1. The number of hydrogen-bond donors (Lipinski definition) is 6. The molecular weight excluding hydrogens is 829 g/mol. The molecule has 0 saturated carbocycles. The minimum Gasteiger partial charge on any atom is -0.481 e. The zero-order valence-corrected chi connectivity index (χ0v) is 39.9. The Hall–Kier alpha value is -3.40. The number of aliphatic carboxylic acids is 2. The maximum atomic E-state index is 12.8. The molecule has 0 fully saturated rings. The van der Waals surface area contributed by atoms with Gasteiger partial charge in [0, 0.05) is 30.8 Å². The second-order valence-electron chi connectivity index (χ2n) is 16.8. The van der Waals surface area contributed by atoms with Crippen LogP contribution in [-0.4, -0.2) is 101 Å². The number of carboxylic acids is 2. The topological polar surface area (TPSA) is 241 Å². The number of ether oxygens (including phenoxy) is 2. The van der Waals surface area contributed by atoms with Gasteiger partial charge in [0.2, 0.25) is 17.7 Å². The van der Waals surface area contributed by atoms with E-state index in [1.807, 2.05) is 0 Å². The monoisotopic (exact) mass is 915 g/mol. The first-order valence-corrected chi connectivity index (χ1v) is 25.5. The predicted molar refractivity (Wildman–Crippen MR) is 249 cm³/mol. The fourth-order valence-electron chi connectivity index (χ4n) is 6.91. The normalized spacial score (nSPS) is 12.5. The summed E-state index contributed by atoms with van der Waals surface area (Å²) in [6, 6.07) is -2.47. The van der Waals surface area contributed by atoms with Crippen LogP contribution in [0.2, 0.25) is 0 Å². The maximum Gasteiger partial charge on any atom is 0.326 e. The summed E-state index contributed by atoms with van der Waals surface area (Å²) in [6.45, 7) is 3.29. The molecule has 15 nitrogen and oxygen atoms in total. The SMILES string of the molecule is CCCCCCCCCCCCCCCC(=O)OC[C@H](CSC[C@H](N)C(=O)NCC(=O)NCC(=O)N[C@H](CCC(=O)O)C(=O)O)OC(=O)CCCCCCCCCCCCCCC. The van der Waals surface area contributed by atoms with Gasteiger partial charge < -0.3 is 41.4 Å². The van der Waals surface area contributed by atoms with E-state index < -0.39 is 67.4 Å². The molecule has 0 heterocycles. The number of esters is 2. The van der Waals surface area contributed by atoms with E-state index in [1.165, 1.54) is 134 Å². The van der Waals surface area contributed by atoms with Crippen LogP contribution in [0, 0.1) is 0 Å². The van der Waals surface area contributed by atoms with Crippen molar-refractivity contribution in [3.63, 3.8) is 0 Å². The molecule has 7 N–H and O–H groups in total. The van der Waals surface area contributed by atoms with Gasteiger partial charge in [0.1, 0.15) is 18.8 Å². The van der Waals surface area contributed by atoms with E-state index in [1.54, 1.807) is 0 Å². The van der Waals surface area contributed by atoms with Crippen molar-refractivity contribution in [2.75, 3.05) is 31.2 Å². The number of carbonyl (C=O) groups excluding carboxylic acids is 5.